The van der Waals surface area contributed by atoms with Crippen molar-refractivity contribution in [2.75, 3.05) is 7.11 Å². The van der Waals surface area contributed by atoms with Crippen molar-refractivity contribution in [3.63, 3.8) is 0 Å². The van der Waals surface area contributed by atoms with Crippen LogP contribution < -0.4 is 16.0 Å². The zero-order valence-electron chi connectivity index (χ0n) is 10.5. The maximum atomic E-state index is 11.8. The normalized spacial score (nSPS) is 10.4. The van der Waals surface area contributed by atoms with Crippen molar-refractivity contribution < 1.29 is 9.84 Å². The molecule has 2 aromatic rings. The van der Waals surface area contributed by atoms with Gasteiger partial charge in [-0.3, -0.25) is 9.78 Å². The molecular formula is C12H13N3O4. The molecule has 2 N–H and O–H groups in total. The maximum absolute atomic E-state index is 11.8. The second kappa shape index (κ2) is 4.97. The Balaban J connectivity index is 2.67. The summed E-state index contributed by atoms with van der Waals surface area (Å²) in [6, 6.07) is 3.11. The van der Waals surface area contributed by atoms with Crippen molar-refractivity contribution in [3.05, 3.63) is 44.7 Å². The molecule has 7 nitrogen and oxygen atoms in total. The number of hydrogen-bond acceptors (Lipinski definition) is 5. The van der Waals surface area contributed by atoms with Gasteiger partial charge in [0, 0.05) is 6.07 Å². The van der Waals surface area contributed by atoms with E-state index in [2.05, 4.69) is 9.97 Å². The molecule has 0 aromatic carbocycles. The SMILES string of the molecule is CCc1c(O)n(-c2ccc(OC)nc2)c(=O)[nH]c1=O. The van der Waals surface area contributed by atoms with Gasteiger partial charge in [0.05, 0.1) is 24.6 Å². The molecule has 0 unspecified atom stereocenters. The molecule has 0 aliphatic heterocycles. The molecule has 0 aliphatic rings. The highest BCUT2D eigenvalue weighted by Crippen LogP contribution is 2.17. The Kier molecular flexibility index (Phi) is 3.37. The summed E-state index contributed by atoms with van der Waals surface area (Å²) in [6.07, 6.45) is 1.68. The van der Waals surface area contributed by atoms with Crippen LogP contribution in [0.15, 0.2) is 27.9 Å². The highest BCUT2D eigenvalue weighted by molar-refractivity contribution is 5.37. The summed E-state index contributed by atoms with van der Waals surface area (Å²) < 4.78 is 5.90. The first-order valence-corrected chi connectivity index (χ1v) is 5.66. The lowest BCUT2D eigenvalue weighted by molar-refractivity contribution is 0.397. The fourth-order valence-electron chi connectivity index (χ4n) is 1.74. The molecule has 0 spiro atoms. The zero-order chi connectivity index (χ0) is 14.0. The molecule has 19 heavy (non-hydrogen) atoms. The van der Waals surface area contributed by atoms with Crippen LogP contribution in [0.5, 0.6) is 11.8 Å². The topological polar surface area (TPSA) is 97.2 Å². The number of methoxy groups -OCH3 is 1. The lowest BCUT2D eigenvalue weighted by atomic mass is 10.2. The predicted octanol–water partition coefficient (Wildman–Crippen LogP) is 0.197. The molecule has 7 heteroatoms. The van der Waals surface area contributed by atoms with Gasteiger partial charge in [-0.25, -0.2) is 14.3 Å². The van der Waals surface area contributed by atoms with Gasteiger partial charge in [-0.1, -0.05) is 6.92 Å². The molecule has 100 valence electrons. The van der Waals surface area contributed by atoms with Crippen LogP contribution in [0.1, 0.15) is 12.5 Å². The van der Waals surface area contributed by atoms with Crippen LogP contribution in [0.4, 0.5) is 0 Å². The second-order valence-electron chi connectivity index (χ2n) is 3.81. The number of aromatic hydroxyl groups is 1. The molecule has 0 bridgehead atoms. The quantitative estimate of drug-likeness (QED) is 0.824. The van der Waals surface area contributed by atoms with Gasteiger partial charge in [0.25, 0.3) is 5.56 Å². The summed E-state index contributed by atoms with van der Waals surface area (Å²) in [5.41, 5.74) is -0.806. The first-order chi connectivity index (χ1) is 9.08. The number of aromatic nitrogens is 3. The van der Waals surface area contributed by atoms with Gasteiger partial charge in [0.1, 0.15) is 0 Å². The van der Waals surface area contributed by atoms with Crippen molar-refractivity contribution in [1.29, 1.82) is 0 Å². The van der Waals surface area contributed by atoms with Gasteiger partial charge in [-0.15, -0.1) is 0 Å². The molecule has 0 amide bonds. The van der Waals surface area contributed by atoms with Crippen LogP contribution in [0, 0.1) is 0 Å². The molecule has 0 radical (unpaired) electrons. The van der Waals surface area contributed by atoms with E-state index in [1.54, 1.807) is 19.1 Å². The van der Waals surface area contributed by atoms with Crippen LogP contribution in [-0.2, 0) is 6.42 Å². The van der Waals surface area contributed by atoms with Gasteiger partial charge in [0.15, 0.2) is 0 Å². The summed E-state index contributed by atoms with van der Waals surface area (Å²) >= 11 is 0. The summed E-state index contributed by atoms with van der Waals surface area (Å²) in [7, 11) is 1.47. The molecule has 0 fully saturated rings. The van der Waals surface area contributed by atoms with Gasteiger partial charge >= 0.3 is 5.69 Å². The molecular weight excluding hydrogens is 250 g/mol. The predicted molar refractivity (Wildman–Crippen MR) is 68.0 cm³/mol. The van der Waals surface area contributed by atoms with Crippen molar-refractivity contribution in [2.45, 2.75) is 13.3 Å². The highest BCUT2D eigenvalue weighted by Gasteiger charge is 2.14. The van der Waals surface area contributed by atoms with Gasteiger partial charge in [-0.2, -0.15) is 0 Å². The Labute approximate surface area is 108 Å². The minimum atomic E-state index is -0.716. The summed E-state index contributed by atoms with van der Waals surface area (Å²) in [5, 5.41) is 10.0. The van der Waals surface area contributed by atoms with E-state index in [9.17, 15) is 14.7 Å². The minimum Gasteiger partial charge on any atom is -0.494 e. The largest absolute Gasteiger partial charge is 0.494 e. The van der Waals surface area contributed by atoms with Gasteiger partial charge in [0.2, 0.25) is 11.8 Å². The number of ether oxygens (including phenoxy) is 1. The number of nitrogens with zero attached hydrogens (tertiary/aromatic N) is 2. The summed E-state index contributed by atoms with van der Waals surface area (Å²) in [5.74, 6) is 0.0136. The Morgan fingerprint density at radius 2 is 2.16 bits per heavy atom. The lowest BCUT2D eigenvalue weighted by Crippen LogP contribution is -2.31. The maximum Gasteiger partial charge on any atom is 0.335 e. The van der Waals surface area contributed by atoms with E-state index in [-0.39, 0.29) is 11.4 Å². The van der Waals surface area contributed by atoms with Gasteiger partial charge < -0.3 is 9.84 Å². The van der Waals surface area contributed by atoms with Crippen molar-refractivity contribution in [3.8, 4) is 17.4 Å². The van der Waals surface area contributed by atoms with E-state index in [0.29, 0.717) is 18.0 Å². The third-order valence-corrected chi connectivity index (χ3v) is 2.72. The third-order valence-electron chi connectivity index (χ3n) is 2.72. The molecule has 2 aromatic heterocycles. The van der Waals surface area contributed by atoms with Crippen LogP contribution in [-0.4, -0.2) is 26.8 Å². The van der Waals surface area contributed by atoms with Crippen LogP contribution in [0.2, 0.25) is 0 Å². The molecule has 2 heterocycles. The Morgan fingerprint density at radius 1 is 1.42 bits per heavy atom. The number of nitrogens with one attached hydrogen (secondary N) is 1. The second-order valence-corrected chi connectivity index (χ2v) is 3.81. The van der Waals surface area contributed by atoms with Crippen LogP contribution in [0.25, 0.3) is 5.69 Å². The van der Waals surface area contributed by atoms with E-state index < -0.39 is 11.2 Å². The van der Waals surface area contributed by atoms with E-state index in [0.717, 1.165) is 4.57 Å². The van der Waals surface area contributed by atoms with Crippen molar-refractivity contribution >= 4 is 0 Å². The lowest BCUT2D eigenvalue weighted by Gasteiger charge is -2.10. The summed E-state index contributed by atoms with van der Waals surface area (Å²) in [4.78, 5) is 29.4. The number of hydrogen-bond donors (Lipinski definition) is 2. The standard InChI is InChI=1S/C12H13N3O4/c1-3-8-10(16)14-12(18)15(11(8)17)7-4-5-9(19-2)13-6-7/h4-6,17H,3H2,1-2H3,(H,14,16,18). The first-order valence-electron chi connectivity index (χ1n) is 5.66. The van der Waals surface area contributed by atoms with Crippen molar-refractivity contribution in [2.24, 2.45) is 0 Å². The Bertz CT molecular complexity index is 700. The number of rotatable bonds is 3. The summed E-state index contributed by atoms with van der Waals surface area (Å²) in [6.45, 7) is 1.71. The Morgan fingerprint density at radius 3 is 2.68 bits per heavy atom. The first kappa shape index (κ1) is 12.9. The molecule has 0 aliphatic carbocycles. The van der Waals surface area contributed by atoms with Crippen molar-refractivity contribution in [1.82, 2.24) is 14.5 Å². The van der Waals surface area contributed by atoms with E-state index >= 15 is 0 Å². The molecule has 0 saturated carbocycles. The number of H-pyrrole nitrogens is 1. The fraction of sp³-hybridized carbons (Fsp3) is 0.250. The average molecular weight is 263 g/mol. The number of aromatic amines is 1. The highest BCUT2D eigenvalue weighted by atomic mass is 16.5. The molecule has 0 atom stereocenters. The minimum absolute atomic E-state index is 0.149. The number of pyridine rings is 1. The monoisotopic (exact) mass is 263 g/mol. The third kappa shape index (κ3) is 2.22. The zero-order valence-corrected chi connectivity index (χ0v) is 10.5. The van der Waals surface area contributed by atoms with Crippen LogP contribution in [0.3, 0.4) is 0 Å². The Hall–Kier alpha value is -2.57. The average Bonchev–Trinajstić information content (AvgIpc) is 2.39. The van der Waals surface area contributed by atoms with Crippen LogP contribution >= 0.6 is 0 Å². The van der Waals surface area contributed by atoms with E-state index in [1.807, 2.05) is 0 Å². The van der Waals surface area contributed by atoms with E-state index in [1.165, 1.54) is 13.3 Å². The smallest absolute Gasteiger partial charge is 0.335 e. The fourth-order valence-corrected chi connectivity index (χ4v) is 1.74. The molecule has 2 rings (SSSR count). The van der Waals surface area contributed by atoms with E-state index in [4.69, 9.17) is 4.74 Å². The molecule has 0 saturated heterocycles. The van der Waals surface area contributed by atoms with Gasteiger partial charge in [-0.05, 0) is 12.5 Å².